The summed E-state index contributed by atoms with van der Waals surface area (Å²) in [6.07, 6.45) is 0. The lowest BCUT2D eigenvalue weighted by Gasteiger charge is -2.11. The summed E-state index contributed by atoms with van der Waals surface area (Å²) in [6.45, 7) is 0. The minimum absolute atomic E-state index is 0.631. The van der Waals surface area contributed by atoms with E-state index >= 15 is 0 Å². The third-order valence-corrected chi connectivity index (χ3v) is 9.86. The van der Waals surface area contributed by atoms with Crippen LogP contribution in [0.5, 0.6) is 0 Å². The van der Waals surface area contributed by atoms with E-state index < -0.39 is 0 Å². The van der Waals surface area contributed by atoms with Gasteiger partial charge in [-0.25, -0.2) is 0 Å². The zero-order valence-corrected chi connectivity index (χ0v) is 26.2. The van der Waals surface area contributed by atoms with Gasteiger partial charge in [0.05, 0.1) is 56.4 Å². The van der Waals surface area contributed by atoms with E-state index in [0.717, 1.165) is 82.5 Å². The van der Waals surface area contributed by atoms with Crippen LogP contribution in [-0.2, 0) is 0 Å². The van der Waals surface area contributed by atoms with Gasteiger partial charge in [-0.05, 0) is 84.9 Å². The van der Waals surface area contributed by atoms with Crippen LogP contribution >= 0.6 is 0 Å². The lowest BCUT2D eigenvalue weighted by molar-refractivity contribution is 1.17. The number of aromatic nitrogens is 3. The average molecular weight is 624 g/mol. The first-order valence-corrected chi connectivity index (χ1v) is 16.2. The molecule has 0 amide bonds. The summed E-state index contributed by atoms with van der Waals surface area (Å²) in [5, 5.41) is 26.3. The molecule has 10 rings (SSSR count). The number of rotatable bonds is 3. The Kier molecular flexibility index (Phi) is 5.64. The van der Waals surface area contributed by atoms with Gasteiger partial charge in [0, 0.05) is 49.4 Å². The molecular weight excluding hydrogens is 599 g/mol. The molecular formula is C44H25N5. The Balaban J connectivity index is 1.46. The number of hydrogen-bond acceptors (Lipinski definition) is 2. The van der Waals surface area contributed by atoms with Crippen LogP contribution in [0.15, 0.2) is 152 Å². The molecule has 0 atom stereocenters. The van der Waals surface area contributed by atoms with Gasteiger partial charge in [-0.2, -0.15) is 10.5 Å². The maximum atomic E-state index is 10.0. The van der Waals surface area contributed by atoms with Gasteiger partial charge in [0.2, 0.25) is 0 Å². The fraction of sp³-hybridized carbons (Fsp3) is 0. The van der Waals surface area contributed by atoms with E-state index in [1.165, 1.54) is 0 Å². The number of nitrogens with zero attached hydrogens (tertiary/aromatic N) is 5. The summed E-state index contributed by atoms with van der Waals surface area (Å²) in [7, 11) is 0. The Hall–Kier alpha value is -7.08. The molecule has 0 unspecified atom stereocenters. The molecule has 3 aromatic heterocycles. The zero-order chi connectivity index (χ0) is 32.6. The number of fused-ring (bicyclic) bond motifs is 11. The second kappa shape index (κ2) is 10.2. The van der Waals surface area contributed by atoms with Crippen molar-refractivity contribution in [1.82, 2.24) is 13.7 Å². The van der Waals surface area contributed by atoms with Crippen molar-refractivity contribution in [1.29, 1.82) is 10.5 Å². The Labute approximate surface area is 280 Å². The van der Waals surface area contributed by atoms with Gasteiger partial charge in [-0.1, -0.05) is 66.7 Å². The fourth-order valence-corrected chi connectivity index (χ4v) is 7.87. The maximum Gasteiger partial charge on any atom is 0.0991 e. The van der Waals surface area contributed by atoms with Crippen LogP contribution in [-0.4, -0.2) is 13.7 Å². The van der Waals surface area contributed by atoms with Gasteiger partial charge in [-0.3, -0.25) is 0 Å². The molecule has 5 heteroatoms. The van der Waals surface area contributed by atoms with E-state index in [4.69, 9.17) is 0 Å². The quantitative estimate of drug-likeness (QED) is 0.197. The highest BCUT2D eigenvalue weighted by molar-refractivity contribution is 6.31. The Bertz CT molecular complexity index is 3040. The predicted molar refractivity (Wildman–Crippen MR) is 199 cm³/mol. The first-order valence-electron chi connectivity index (χ1n) is 16.2. The van der Waals surface area contributed by atoms with Crippen molar-refractivity contribution in [2.75, 3.05) is 0 Å². The number of benzene rings is 7. The normalized spacial score (nSPS) is 11.6. The van der Waals surface area contributed by atoms with Gasteiger partial charge < -0.3 is 13.7 Å². The summed E-state index contributed by atoms with van der Waals surface area (Å²) in [4.78, 5) is 0. The molecule has 226 valence electrons. The van der Waals surface area contributed by atoms with Crippen LogP contribution in [0.25, 0.3) is 82.5 Å². The molecule has 0 fully saturated rings. The molecule has 0 aliphatic heterocycles. The topological polar surface area (TPSA) is 62.4 Å². The van der Waals surface area contributed by atoms with E-state index in [1.54, 1.807) is 0 Å². The lowest BCUT2D eigenvalue weighted by atomic mass is 10.1. The third-order valence-electron chi connectivity index (χ3n) is 9.86. The predicted octanol–water partition coefficient (Wildman–Crippen LogP) is 10.7. The molecule has 7 aromatic carbocycles. The summed E-state index contributed by atoms with van der Waals surface area (Å²) in [5.74, 6) is 0. The van der Waals surface area contributed by atoms with Gasteiger partial charge in [0.1, 0.15) is 0 Å². The monoisotopic (exact) mass is 623 g/mol. The summed E-state index contributed by atoms with van der Waals surface area (Å²) >= 11 is 0. The van der Waals surface area contributed by atoms with Crippen LogP contribution in [0, 0.1) is 22.7 Å². The highest BCUT2D eigenvalue weighted by atomic mass is 15.0. The van der Waals surface area contributed by atoms with Crippen molar-refractivity contribution in [3.05, 3.63) is 163 Å². The molecule has 0 saturated carbocycles. The first-order chi connectivity index (χ1) is 24.2. The Morgan fingerprint density at radius 3 is 1.43 bits per heavy atom. The van der Waals surface area contributed by atoms with E-state index in [2.05, 4.69) is 135 Å². The van der Waals surface area contributed by atoms with Crippen molar-refractivity contribution < 1.29 is 0 Å². The number of hydrogen-bond donors (Lipinski definition) is 0. The van der Waals surface area contributed by atoms with Crippen LogP contribution < -0.4 is 0 Å². The maximum absolute atomic E-state index is 10.0. The van der Waals surface area contributed by atoms with Crippen LogP contribution in [0.4, 0.5) is 0 Å². The molecule has 0 aliphatic rings. The molecule has 0 aliphatic carbocycles. The van der Waals surface area contributed by atoms with Gasteiger partial charge in [0.25, 0.3) is 0 Å². The number of nitriles is 2. The van der Waals surface area contributed by atoms with E-state index in [9.17, 15) is 10.5 Å². The minimum atomic E-state index is 0.631. The molecule has 0 radical (unpaired) electrons. The fourth-order valence-electron chi connectivity index (χ4n) is 7.87. The molecule has 0 saturated heterocycles. The summed E-state index contributed by atoms with van der Waals surface area (Å²) in [5.41, 5.74) is 11.0. The highest BCUT2D eigenvalue weighted by Gasteiger charge is 2.24. The second-order valence-corrected chi connectivity index (χ2v) is 12.4. The molecule has 5 nitrogen and oxygen atoms in total. The number of para-hydroxylation sites is 3. The Morgan fingerprint density at radius 2 is 0.816 bits per heavy atom. The molecule has 10 aromatic rings. The van der Waals surface area contributed by atoms with Gasteiger partial charge in [-0.15, -0.1) is 0 Å². The van der Waals surface area contributed by atoms with E-state index in [0.29, 0.717) is 11.1 Å². The van der Waals surface area contributed by atoms with Crippen molar-refractivity contribution in [3.63, 3.8) is 0 Å². The zero-order valence-electron chi connectivity index (χ0n) is 26.2. The highest BCUT2D eigenvalue weighted by Crippen LogP contribution is 2.46. The molecule has 0 N–H and O–H groups in total. The molecule has 0 spiro atoms. The second-order valence-electron chi connectivity index (χ2n) is 12.4. The van der Waals surface area contributed by atoms with Crippen LogP contribution in [0.3, 0.4) is 0 Å². The molecule has 0 bridgehead atoms. The smallest absolute Gasteiger partial charge is 0.0991 e. The van der Waals surface area contributed by atoms with Gasteiger partial charge >= 0.3 is 0 Å². The largest absolute Gasteiger partial charge is 0.309 e. The van der Waals surface area contributed by atoms with E-state index in [-0.39, 0.29) is 0 Å². The van der Waals surface area contributed by atoms with Gasteiger partial charge in [0.15, 0.2) is 0 Å². The SMILES string of the molecule is N#Cc1ccc(-n2c3ccccc3c3c2ccc2c4ccc5c(c6cc(C#N)ccc6n5-c5ccccc5)c4n(-c4ccccc4)c23)cc1. The minimum Gasteiger partial charge on any atom is -0.309 e. The van der Waals surface area contributed by atoms with E-state index in [1.807, 2.05) is 42.5 Å². The van der Waals surface area contributed by atoms with Crippen molar-refractivity contribution >= 4 is 65.4 Å². The standard InChI is InChI=1S/C44H25N5/c45-26-28-15-18-32(19-16-28)48-37-14-8-7-13-35(37)41-39(48)23-20-33-34-21-24-40-42(44(34)49(43(33)41)31-11-5-2-6-12-31)36-25-29(27-46)17-22-38(36)47(40)30-9-3-1-4-10-30/h1-25H. The lowest BCUT2D eigenvalue weighted by Crippen LogP contribution is -1.96. The van der Waals surface area contributed by atoms with Crippen molar-refractivity contribution in [2.45, 2.75) is 0 Å². The summed E-state index contributed by atoms with van der Waals surface area (Å²) < 4.78 is 7.04. The molecule has 3 heterocycles. The van der Waals surface area contributed by atoms with Crippen molar-refractivity contribution in [2.24, 2.45) is 0 Å². The Morgan fingerprint density at radius 1 is 0.347 bits per heavy atom. The van der Waals surface area contributed by atoms with Crippen molar-refractivity contribution in [3.8, 4) is 29.2 Å². The van der Waals surface area contributed by atoms with Crippen LogP contribution in [0.2, 0.25) is 0 Å². The average Bonchev–Trinajstić information content (AvgIpc) is 3.80. The van der Waals surface area contributed by atoms with Crippen LogP contribution in [0.1, 0.15) is 11.1 Å². The molecule has 49 heavy (non-hydrogen) atoms. The summed E-state index contributed by atoms with van der Waals surface area (Å²) in [6, 6.07) is 57.0. The first kappa shape index (κ1) is 27.1. The third kappa shape index (κ3) is 3.73.